The maximum atomic E-state index is 5.81. The molecule has 0 spiro atoms. The maximum Gasteiger partial charge on any atom is 0.240 e. The van der Waals surface area contributed by atoms with Gasteiger partial charge in [0.15, 0.2) is 5.79 Å². The highest BCUT2D eigenvalue weighted by atomic mass is 16.7. The third kappa shape index (κ3) is 2.58. The molecular weight excluding hydrogens is 258 g/mol. The van der Waals surface area contributed by atoms with E-state index in [0.717, 1.165) is 11.1 Å². The minimum Gasteiger partial charge on any atom is -0.347 e. The number of rotatable bonds is 3. The highest BCUT2D eigenvalue weighted by Gasteiger charge is 2.33. The van der Waals surface area contributed by atoms with Crippen LogP contribution in [0.1, 0.15) is 31.4 Å². The first kappa shape index (κ1) is 13.2. The Labute approximate surface area is 116 Å². The normalized spacial score (nSPS) is 21.2. The van der Waals surface area contributed by atoms with Gasteiger partial charge in [0, 0.05) is 5.56 Å². The van der Waals surface area contributed by atoms with Crippen molar-refractivity contribution in [3.05, 3.63) is 35.7 Å². The molecule has 1 unspecified atom stereocenters. The molecule has 106 valence electrons. The summed E-state index contributed by atoms with van der Waals surface area (Å²) in [5.41, 5.74) is 7.40. The quantitative estimate of drug-likeness (QED) is 0.922. The molecule has 2 aromatic rings. The van der Waals surface area contributed by atoms with Gasteiger partial charge in [-0.25, -0.2) is 0 Å². The number of nitrogens with zero attached hydrogens (tertiary/aromatic N) is 2. The third-order valence-corrected chi connectivity index (χ3v) is 3.19. The lowest BCUT2D eigenvalue weighted by atomic mass is 10.1. The first-order chi connectivity index (χ1) is 9.57. The van der Waals surface area contributed by atoms with E-state index >= 15 is 0 Å². The Bertz CT molecular complexity index is 592. The van der Waals surface area contributed by atoms with Crippen LogP contribution < -0.4 is 5.73 Å². The zero-order chi connectivity index (χ0) is 14.2. The lowest BCUT2D eigenvalue weighted by molar-refractivity contribution is -0.139. The van der Waals surface area contributed by atoms with Crippen LogP contribution in [0.5, 0.6) is 0 Å². The number of hydrogen-bond acceptors (Lipinski definition) is 6. The molecule has 1 atom stereocenters. The minimum absolute atomic E-state index is 0.0380. The smallest absolute Gasteiger partial charge is 0.240 e. The summed E-state index contributed by atoms with van der Waals surface area (Å²) < 4.78 is 16.4. The Balaban J connectivity index is 1.78. The molecule has 6 heteroatoms. The van der Waals surface area contributed by atoms with Gasteiger partial charge in [-0.2, -0.15) is 4.98 Å². The van der Waals surface area contributed by atoms with Crippen molar-refractivity contribution >= 4 is 0 Å². The van der Waals surface area contributed by atoms with Crippen LogP contribution in [0.25, 0.3) is 11.4 Å². The van der Waals surface area contributed by atoms with Gasteiger partial charge >= 0.3 is 0 Å². The fourth-order valence-electron chi connectivity index (χ4n) is 2.15. The summed E-state index contributed by atoms with van der Waals surface area (Å²) in [6, 6.07) is 7.86. The van der Waals surface area contributed by atoms with Crippen molar-refractivity contribution in [1.29, 1.82) is 0 Å². The zero-order valence-electron chi connectivity index (χ0n) is 11.5. The van der Waals surface area contributed by atoms with Crippen LogP contribution in [0.4, 0.5) is 0 Å². The van der Waals surface area contributed by atoms with Crippen molar-refractivity contribution in [2.75, 3.05) is 6.61 Å². The van der Waals surface area contributed by atoms with E-state index in [4.69, 9.17) is 19.7 Å². The molecule has 20 heavy (non-hydrogen) atoms. The third-order valence-electron chi connectivity index (χ3n) is 3.19. The second-order valence-corrected chi connectivity index (χ2v) is 5.16. The molecule has 1 fully saturated rings. The van der Waals surface area contributed by atoms with E-state index in [2.05, 4.69) is 10.1 Å². The Morgan fingerprint density at radius 3 is 2.60 bits per heavy atom. The molecule has 1 saturated heterocycles. The molecular formula is C14H17N3O3. The SMILES string of the molecule is CC1(C)OCC(c2ccc(-c3noc(CN)n3)cc2)O1. The van der Waals surface area contributed by atoms with Crippen LogP contribution >= 0.6 is 0 Å². The van der Waals surface area contributed by atoms with Gasteiger partial charge in [0.2, 0.25) is 11.7 Å². The van der Waals surface area contributed by atoms with Crippen LogP contribution in [-0.4, -0.2) is 22.5 Å². The summed E-state index contributed by atoms with van der Waals surface area (Å²) in [4.78, 5) is 4.19. The number of aromatic nitrogens is 2. The molecule has 3 rings (SSSR count). The Morgan fingerprint density at radius 1 is 1.30 bits per heavy atom. The Hall–Kier alpha value is -1.76. The zero-order valence-corrected chi connectivity index (χ0v) is 11.5. The summed E-state index contributed by atoms with van der Waals surface area (Å²) in [5.74, 6) is 0.451. The number of benzene rings is 1. The van der Waals surface area contributed by atoms with Crippen LogP contribution in [0.3, 0.4) is 0 Å². The summed E-state index contributed by atoms with van der Waals surface area (Å²) in [6.07, 6.45) is -0.0380. The maximum absolute atomic E-state index is 5.81. The molecule has 1 aliphatic rings. The van der Waals surface area contributed by atoms with Gasteiger partial charge < -0.3 is 19.7 Å². The lowest BCUT2D eigenvalue weighted by Gasteiger charge is -2.17. The molecule has 2 heterocycles. The van der Waals surface area contributed by atoms with Crippen molar-refractivity contribution in [2.24, 2.45) is 5.73 Å². The van der Waals surface area contributed by atoms with Crippen LogP contribution in [0, 0.1) is 0 Å². The van der Waals surface area contributed by atoms with Crippen LogP contribution in [-0.2, 0) is 16.0 Å². The van der Waals surface area contributed by atoms with Gasteiger partial charge in [-0.15, -0.1) is 0 Å². The fraction of sp³-hybridized carbons (Fsp3) is 0.429. The number of hydrogen-bond donors (Lipinski definition) is 1. The second kappa shape index (κ2) is 4.97. The second-order valence-electron chi connectivity index (χ2n) is 5.16. The summed E-state index contributed by atoms with van der Waals surface area (Å²) in [7, 11) is 0. The highest BCUT2D eigenvalue weighted by Crippen LogP contribution is 2.33. The number of ether oxygens (including phenoxy) is 2. The van der Waals surface area contributed by atoms with E-state index in [1.54, 1.807) is 0 Å². The van der Waals surface area contributed by atoms with Crippen molar-refractivity contribution in [3.63, 3.8) is 0 Å². The van der Waals surface area contributed by atoms with E-state index in [-0.39, 0.29) is 12.6 Å². The average molecular weight is 275 g/mol. The molecule has 2 N–H and O–H groups in total. The van der Waals surface area contributed by atoms with E-state index in [1.165, 1.54) is 0 Å². The fourth-order valence-corrected chi connectivity index (χ4v) is 2.15. The number of nitrogens with two attached hydrogens (primary N) is 1. The average Bonchev–Trinajstić information content (AvgIpc) is 3.05. The topological polar surface area (TPSA) is 83.4 Å². The van der Waals surface area contributed by atoms with E-state index in [1.807, 2.05) is 38.1 Å². The molecule has 0 saturated carbocycles. The predicted molar refractivity (Wildman–Crippen MR) is 71.5 cm³/mol. The largest absolute Gasteiger partial charge is 0.347 e. The van der Waals surface area contributed by atoms with Crippen molar-refractivity contribution in [1.82, 2.24) is 10.1 Å². The van der Waals surface area contributed by atoms with Crippen molar-refractivity contribution < 1.29 is 14.0 Å². The van der Waals surface area contributed by atoms with Crippen molar-refractivity contribution in [3.8, 4) is 11.4 Å². The van der Waals surface area contributed by atoms with Gasteiger partial charge in [0.1, 0.15) is 6.10 Å². The molecule has 0 radical (unpaired) electrons. The van der Waals surface area contributed by atoms with Gasteiger partial charge in [-0.3, -0.25) is 0 Å². The van der Waals surface area contributed by atoms with Gasteiger partial charge in [-0.1, -0.05) is 29.4 Å². The Morgan fingerprint density at radius 2 is 2.05 bits per heavy atom. The van der Waals surface area contributed by atoms with Crippen LogP contribution in [0.15, 0.2) is 28.8 Å². The summed E-state index contributed by atoms with van der Waals surface area (Å²) in [6.45, 7) is 4.63. The van der Waals surface area contributed by atoms with Gasteiger partial charge in [-0.05, 0) is 19.4 Å². The summed E-state index contributed by atoms with van der Waals surface area (Å²) in [5, 5.41) is 3.89. The minimum atomic E-state index is -0.521. The van der Waals surface area contributed by atoms with E-state index in [0.29, 0.717) is 18.3 Å². The molecule has 1 aromatic carbocycles. The molecule has 1 aliphatic heterocycles. The lowest BCUT2D eigenvalue weighted by Crippen LogP contribution is -2.19. The molecule has 0 bridgehead atoms. The first-order valence-electron chi connectivity index (χ1n) is 6.52. The molecule has 1 aromatic heterocycles. The van der Waals surface area contributed by atoms with Crippen molar-refractivity contribution in [2.45, 2.75) is 32.3 Å². The van der Waals surface area contributed by atoms with Gasteiger partial charge in [0.05, 0.1) is 13.2 Å². The first-order valence-corrected chi connectivity index (χ1v) is 6.52. The monoisotopic (exact) mass is 275 g/mol. The standard InChI is InChI=1S/C14H17N3O3/c1-14(2)18-8-11(19-14)9-3-5-10(6-4-9)13-16-12(7-15)20-17-13/h3-6,11H,7-8,15H2,1-2H3. The molecule has 0 aliphatic carbocycles. The van der Waals surface area contributed by atoms with E-state index < -0.39 is 5.79 Å². The Kier molecular flexibility index (Phi) is 3.29. The molecule has 6 nitrogen and oxygen atoms in total. The predicted octanol–water partition coefficient (Wildman–Crippen LogP) is 2.02. The summed E-state index contributed by atoms with van der Waals surface area (Å²) >= 11 is 0. The molecule has 0 amide bonds. The van der Waals surface area contributed by atoms with Crippen LogP contribution in [0.2, 0.25) is 0 Å². The van der Waals surface area contributed by atoms with Gasteiger partial charge in [0.25, 0.3) is 0 Å². The van der Waals surface area contributed by atoms with E-state index in [9.17, 15) is 0 Å². The highest BCUT2D eigenvalue weighted by molar-refractivity contribution is 5.54.